The summed E-state index contributed by atoms with van der Waals surface area (Å²) in [5, 5.41) is 13.8. The summed E-state index contributed by atoms with van der Waals surface area (Å²) in [6, 6.07) is 13.6. The smallest absolute Gasteiger partial charge is 0.327 e. The van der Waals surface area contributed by atoms with Gasteiger partial charge >= 0.3 is 12.0 Å². The lowest BCUT2D eigenvalue weighted by atomic mass is 10.2. The van der Waals surface area contributed by atoms with Gasteiger partial charge in [-0.05, 0) is 48.5 Å². The third-order valence-electron chi connectivity index (χ3n) is 3.14. The Morgan fingerprint density at radius 2 is 1.79 bits per heavy atom. The van der Waals surface area contributed by atoms with Crippen molar-refractivity contribution in [3.63, 3.8) is 0 Å². The highest BCUT2D eigenvalue weighted by Crippen LogP contribution is 2.21. The topological polar surface area (TPSA) is 91.0 Å². The van der Waals surface area contributed by atoms with Crippen LogP contribution in [0.25, 0.3) is 11.3 Å². The average molecular weight is 322 g/mol. The summed E-state index contributed by atoms with van der Waals surface area (Å²) in [5.41, 5.74) is 2.17. The van der Waals surface area contributed by atoms with E-state index in [1.54, 1.807) is 36.4 Å². The molecule has 0 fully saturated rings. The fourth-order valence-electron chi connectivity index (χ4n) is 1.97. The molecule has 2 amide bonds. The zero-order chi connectivity index (χ0) is 16.9. The lowest BCUT2D eigenvalue weighted by molar-refractivity contribution is 0.261. The number of oxazole rings is 1. The van der Waals surface area contributed by atoms with Crippen molar-refractivity contribution in [3.8, 4) is 17.3 Å². The van der Waals surface area contributed by atoms with E-state index in [-0.39, 0.29) is 11.8 Å². The molecular formula is C17H11FN4O2. The van der Waals surface area contributed by atoms with E-state index in [0.29, 0.717) is 22.5 Å². The number of anilines is 2. The Bertz CT molecular complexity index is 896. The predicted molar refractivity (Wildman–Crippen MR) is 85.7 cm³/mol. The van der Waals surface area contributed by atoms with Gasteiger partial charge in [0.25, 0.3) is 0 Å². The SMILES string of the molecule is N#Cc1ccc(NC(=O)Nc2nc(-c3ccc(F)cc3)co2)cc1. The number of nitrogens with zero attached hydrogens (tertiary/aromatic N) is 2. The van der Waals surface area contributed by atoms with Gasteiger partial charge in [-0.3, -0.25) is 5.32 Å². The fraction of sp³-hybridized carbons (Fsp3) is 0. The van der Waals surface area contributed by atoms with E-state index >= 15 is 0 Å². The minimum atomic E-state index is -0.535. The monoisotopic (exact) mass is 322 g/mol. The molecule has 6 nitrogen and oxygen atoms in total. The number of aromatic nitrogens is 1. The molecule has 1 heterocycles. The van der Waals surface area contributed by atoms with E-state index in [0.717, 1.165) is 0 Å². The number of nitriles is 1. The van der Waals surface area contributed by atoms with E-state index in [4.69, 9.17) is 9.68 Å². The maximum atomic E-state index is 12.9. The molecule has 1 aromatic heterocycles. The Kier molecular flexibility index (Phi) is 4.21. The molecule has 0 aliphatic carbocycles. The largest absolute Gasteiger partial charge is 0.431 e. The van der Waals surface area contributed by atoms with Crippen LogP contribution in [0, 0.1) is 17.1 Å². The first-order chi connectivity index (χ1) is 11.6. The molecule has 3 aromatic rings. The van der Waals surface area contributed by atoms with Crippen LogP contribution >= 0.6 is 0 Å². The van der Waals surface area contributed by atoms with Crippen LogP contribution in [0.2, 0.25) is 0 Å². The summed E-state index contributed by atoms with van der Waals surface area (Å²) in [6.07, 6.45) is 1.37. The number of hydrogen-bond acceptors (Lipinski definition) is 4. The fourth-order valence-corrected chi connectivity index (χ4v) is 1.97. The Morgan fingerprint density at radius 3 is 2.46 bits per heavy atom. The van der Waals surface area contributed by atoms with Crippen molar-refractivity contribution in [2.24, 2.45) is 0 Å². The van der Waals surface area contributed by atoms with Crippen LogP contribution in [0.4, 0.5) is 20.9 Å². The number of amides is 2. The molecule has 0 bridgehead atoms. The number of nitrogens with one attached hydrogen (secondary N) is 2. The van der Waals surface area contributed by atoms with Gasteiger partial charge in [0.05, 0.1) is 11.6 Å². The molecule has 2 aromatic carbocycles. The molecule has 0 aliphatic rings. The normalized spacial score (nSPS) is 10.0. The third kappa shape index (κ3) is 3.56. The van der Waals surface area contributed by atoms with Gasteiger partial charge in [-0.25, -0.2) is 9.18 Å². The predicted octanol–water partition coefficient (Wildman–Crippen LogP) is 4.00. The van der Waals surface area contributed by atoms with E-state index in [2.05, 4.69) is 15.6 Å². The third-order valence-corrected chi connectivity index (χ3v) is 3.14. The van der Waals surface area contributed by atoms with Gasteiger partial charge in [0.1, 0.15) is 17.8 Å². The highest BCUT2D eigenvalue weighted by Gasteiger charge is 2.10. The van der Waals surface area contributed by atoms with Gasteiger partial charge in [-0.1, -0.05) is 0 Å². The first kappa shape index (κ1) is 15.2. The number of carbonyl (C=O) groups excluding carboxylic acids is 1. The number of urea groups is 1. The van der Waals surface area contributed by atoms with E-state index in [1.807, 2.05) is 6.07 Å². The van der Waals surface area contributed by atoms with Crippen molar-refractivity contribution in [1.29, 1.82) is 5.26 Å². The first-order valence-corrected chi connectivity index (χ1v) is 6.94. The Morgan fingerprint density at radius 1 is 1.08 bits per heavy atom. The van der Waals surface area contributed by atoms with E-state index < -0.39 is 6.03 Å². The molecule has 0 atom stereocenters. The highest BCUT2D eigenvalue weighted by atomic mass is 19.1. The number of carbonyl (C=O) groups is 1. The molecular weight excluding hydrogens is 311 g/mol. The maximum absolute atomic E-state index is 12.9. The van der Waals surface area contributed by atoms with Gasteiger partial charge in [0, 0.05) is 11.3 Å². The van der Waals surface area contributed by atoms with E-state index in [1.165, 1.54) is 18.4 Å². The van der Waals surface area contributed by atoms with Crippen LogP contribution in [-0.2, 0) is 0 Å². The Labute approximate surface area is 136 Å². The van der Waals surface area contributed by atoms with E-state index in [9.17, 15) is 9.18 Å². The molecule has 7 heteroatoms. The molecule has 0 unspecified atom stereocenters. The first-order valence-electron chi connectivity index (χ1n) is 6.94. The van der Waals surface area contributed by atoms with Crippen LogP contribution in [0.15, 0.2) is 59.2 Å². The molecule has 0 saturated carbocycles. The minimum Gasteiger partial charge on any atom is -0.431 e. The van der Waals surface area contributed by atoms with Crippen molar-refractivity contribution in [2.75, 3.05) is 10.6 Å². The van der Waals surface area contributed by atoms with Gasteiger partial charge in [0.15, 0.2) is 0 Å². The molecule has 3 rings (SSSR count). The zero-order valence-corrected chi connectivity index (χ0v) is 12.3. The summed E-state index contributed by atoms with van der Waals surface area (Å²) in [6.45, 7) is 0. The summed E-state index contributed by atoms with van der Waals surface area (Å²) in [5.74, 6) is -0.345. The van der Waals surface area contributed by atoms with Gasteiger partial charge in [-0.2, -0.15) is 10.2 Å². The van der Waals surface area contributed by atoms with Crippen LogP contribution in [-0.4, -0.2) is 11.0 Å². The van der Waals surface area contributed by atoms with Crippen molar-refractivity contribution in [3.05, 3.63) is 66.2 Å². The standard InChI is InChI=1S/C17H11FN4O2/c18-13-5-3-12(4-6-13)15-10-24-17(21-15)22-16(23)20-14-7-1-11(9-19)2-8-14/h1-8,10H,(H2,20,21,22,23). The molecule has 0 radical (unpaired) electrons. The number of hydrogen-bond donors (Lipinski definition) is 2. The lowest BCUT2D eigenvalue weighted by Crippen LogP contribution is -2.19. The zero-order valence-electron chi connectivity index (χ0n) is 12.3. The van der Waals surface area contributed by atoms with Crippen LogP contribution in [0.1, 0.15) is 5.56 Å². The van der Waals surface area contributed by atoms with Crippen LogP contribution < -0.4 is 10.6 Å². The van der Waals surface area contributed by atoms with Crippen molar-refractivity contribution < 1.29 is 13.6 Å². The second kappa shape index (κ2) is 6.62. The quantitative estimate of drug-likeness (QED) is 0.762. The summed E-state index contributed by atoms with van der Waals surface area (Å²) in [7, 11) is 0. The maximum Gasteiger partial charge on any atom is 0.327 e. The Hall–Kier alpha value is -3.66. The lowest BCUT2D eigenvalue weighted by Gasteiger charge is -2.04. The molecule has 0 aliphatic heterocycles. The second-order valence-electron chi connectivity index (χ2n) is 4.81. The number of halogens is 1. The molecule has 2 N–H and O–H groups in total. The van der Waals surface area contributed by atoms with Crippen molar-refractivity contribution in [1.82, 2.24) is 4.98 Å². The van der Waals surface area contributed by atoms with Crippen molar-refractivity contribution in [2.45, 2.75) is 0 Å². The summed E-state index contributed by atoms with van der Waals surface area (Å²) in [4.78, 5) is 16.0. The molecule has 24 heavy (non-hydrogen) atoms. The molecule has 0 saturated heterocycles. The minimum absolute atomic E-state index is 0.0143. The van der Waals surface area contributed by atoms with Crippen LogP contribution in [0.3, 0.4) is 0 Å². The average Bonchev–Trinajstić information content (AvgIpc) is 3.04. The Balaban J connectivity index is 1.64. The second-order valence-corrected chi connectivity index (χ2v) is 4.81. The molecule has 118 valence electrons. The number of benzene rings is 2. The molecule has 0 spiro atoms. The van der Waals surface area contributed by atoms with Crippen LogP contribution in [0.5, 0.6) is 0 Å². The highest BCUT2D eigenvalue weighted by molar-refractivity contribution is 5.98. The van der Waals surface area contributed by atoms with Gasteiger partial charge < -0.3 is 9.73 Å². The summed E-state index contributed by atoms with van der Waals surface area (Å²) >= 11 is 0. The number of rotatable bonds is 3. The van der Waals surface area contributed by atoms with Crippen molar-refractivity contribution >= 4 is 17.7 Å². The summed E-state index contributed by atoms with van der Waals surface area (Å²) < 4.78 is 18.1. The van der Waals surface area contributed by atoms with Gasteiger partial charge in [-0.15, -0.1) is 0 Å². The van der Waals surface area contributed by atoms with Gasteiger partial charge in [0.2, 0.25) is 0 Å².